The molecule has 1 heterocycles. The maximum absolute atomic E-state index is 13.6. The van der Waals surface area contributed by atoms with Gasteiger partial charge < -0.3 is 4.74 Å². The number of benzene rings is 2. The highest BCUT2D eigenvalue weighted by Crippen LogP contribution is 2.31. The number of sulfonamides is 1. The Balaban J connectivity index is 1.62. The summed E-state index contributed by atoms with van der Waals surface area (Å²) in [5.74, 6) is -1.27. The van der Waals surface area contributed by atoms with Gasteiger partial charge >= 0.3 is 5.97 Å². The average molecular weight is 497 g/mol. The molecule has 2 aliphatic rings. The summed E-state index contributed by atoms with van der Waals surface area (Å²) in [4.78, 5) is 38.6. The molecule has 35 heavy (non-hydrogen) atoms. The molecule has 1 fully saturated rings. The summed E-state index contributed by atoms with van der Waals surface area (Å²) in [6.07, 6.45) is 6.49. The molecule has 9 heteroatoms. The Kier molecular flexibility index (Phi) is 7.47. The standard InChI is InChI=1S/C26H28N2O6S/c1-19(29)34-22-14-12-21(13-15-22)28-25(30)18-24(26(28)31)27(17-16-20-8-4-2-5-9-20)35(32,33)23-10-6-3-7-11-23/h3,6-8,10-15,24H,2,4-5,9,16-18H2,1H3. The molecule has 1 aliphatic carbocycles. The van der Waals surface area contributed by atoms with Crippen LogP contribution in [0, 0.1) is 0 Å². The quantitative estimate of drug-likeness (QED) is 0.238. The van der Waals surface area contributed by atoms with Crippen molar-refractivity contribution < 1.29 is 27.5 Å². The number of allylic oxidation sites excluding steroid dienone is 1. The van der Waals surface area contributed by atoms with Crippen LogP contribution in [-0.4, -0.2) is 43.1 Å². The molecule has 2 aromatic rings. The van der Waals surface area contributed by atoms with Crippen molar-refractivity contribution in [2.45, 2.75) is 56.4 Å². The zero-order valence-electron chi connectivity index (χ0n) is 19.6. The first-order valence-electron chi connectivity index (χ1n) is 11.7. The van der Waals surface area contributed by atoms with E-state index in [9.17, 15) is 22.8 Å². The van der Waals surface area contributed by atoms with E-state index in [4.69, 9.17) is 4.74 Å². The summed E-state index contributed by atoms with van der Waals surface area (Å²) in [6.45, 7) is 1.39. The van der Waals surface area contributed by atoms with Crippen molar-refractivity contribution in [3.63, 3.8) is 0 Å². The van der Waals surface area contributed by atoms with E-state index in [1.807, 2.05) is 0 Å². The van der Waals surface area contributed by atoms with Crippen LogP contribution in [0.25, 0.3) is 0 Å². The second-order valence-electron chi connectivity index (χ2n) is 8.66. The second kappa shape index (κ2) is 10.5. The molecule has 0 saturated carbocycles. The van der Waals surface area contributed by atoms with Gasteiger partial charge in [0.15, 0.2) is 0 Å². The van der Waals surface area contributed by atoms with Crippen LogP contribution < -0.4 is 9.64 Å². The predicted octanol–water partition coefficient (Wildman–Crippen LogP) is 3.83. The highest BCUT2D eigenvalue weighted by atomic mass is 32.2. The number of esters is 1. The third-order valence-corrected chi connectivity index (χ3v) is 8.14. The maximum Gasteiger partial charge on any atom is 0.308 e. The molecule has 0 aromatic heterocycles. The summed E-state index contributed by atoms with van der Waals surface area (Å²) in [5, 5.41) is 0. The van der Waals surface area contributed by atoms with Gasteiger partial charge in [-0.2, -0.15) is 4.31 Å². The molecular formula is C26H28N2O6S. The number of imide groups is 1. The van der Waals surface area contributed by atoms with E-state index >= 15 is 0 Å². The van der Waals surface area contributed by atoms with Crippen LogP contribution in [0.15, 0.2) is 71.1 Å². The van der Waals surface area contributed by atoms with Crippen molar-refractivity contribution in [3.05, 3.63) is 66.2 Å². The van der Waals surface area contributed by atoms with Crippen LogP contribution in [0.2, 0.25) is 0 Å². The fourth-order valence-corrected chi connectivity index (χ4v) is 6.10. The minimum atomic E-state index is -4.02. The number of amides is 2. The molecular weight excluding hydrogens is 468 g/mol. The molecule has 0 radical (unpaired) electrons. The summed E-state index contributed by atoms with van der Waals surface area (Å²) in [5.41, 5.74) is 1.48. The van der Waals surface area contributed by atoms with E-state index in [2.05, 4.69) is 6.08 Å². The molecule has 1 aliphatic heterocycles. The number of rotatable bonds is 8. The molecule has 4 rings (SSSR count). The number of hydrogen-bond acceptors (Lipinski definition) is 6. The Bertz CT molecular complexity index is 1240. The predicted molar refractivity (Wildman–Crippen MR) is 130 cm³/mol. The van der Waals surface area contributed by atoms with Crippen molar-refractivity contribution in [2.24, 2.45) is 0 Å². The lowest BCUT2D eigenvalue weighted by atomic mass is 9.97. The molecule has 0 bridgehead atoms. The van der Waals surface area contributed by atoms with Crippen LogP contribution in [0.3, 0.4) is 0 Å². The first-order valence-corrected chi connectivity index (χ1v) is 13.1. The van der Waals surface area contributed by atoms with E-state index in [1.165, 1.54) is 53.2 Å². The largest absolute Gasteiger partial charge is 0.427 e. The van der Waals surface area contributed by atoms with Crippen LogP contribution in [0.4, 0.5) is 5.69 Å². The summed E-state index contributed by atoms with van der Waals surface area (Å²) in [7, 11) is -4.02. The number of nitrogens with zero attached hydrogens (tertiary/aromatic N) is 2. The Hall–Kier alpha value is -3.30. The first-order chi connectivity index (χ1) is 16.8. The van der Waals surface area contributed by atoms with E-state index in [0.717, 1.165) is 30.6 Å². The van der Waals surface area contributed by atoms with Gasteiger partial charge in [0.1, 0.15) is 11.8 Å². The third-order valence-electron chi connectivity index (χ3n) is 6.22. The fourth-order valence-electron chi connectivity index (χ4n) is 4.50. The van der Waals surface area contributed by atoms with Crippen molar-refractivity contribution in [1.82, 2.24) is 4.31 Å². The molecule has 1 unspecified atom stereocenters. The summed E-state index contributed by atoms with van der Waals surface area (Å²) in [6, 6.07) is 12.8. The molecule has 1 atom stereocenters. The number of carbonyl (C=O) groups is 3. The molecule has 2 amide bonds. The van der Waals surface area contributed by atoms with Crippen LogP contribution in [0.1, 0.15) is 45.4 Å². The first kappa shape index (κ1) is 24.8. The van der Waals surface area contributed by atoms with E-state index < -0.39 is 33.8 Å². The van der Waals surface area contributed by atoms with E-state index in [0.29, 0.717) is 12.1 Å². The van der Waals surface area contributed by atoms with Gasteiger partial charge in [-0.05, 0) is 68.5 Å². The van der Waals surface area contributed by atoms with Gasteiger partial charge in [-0.25, -0.2) is 13.3 Å². The number of carbonyl (C=O) groups excluding carboxylic acids is 3. The molecule has 0 spiro atoms. The van der Waals surface area contributed by atoms with E-state index in [1.54, 1.807) is 18.2 Å². The normalized spacial score (nSPS) is 18.6. The molecule has 2 aromatic carbocycles. The second-order valence-corrected chi connectivity index (χ2v) is 10.6. The smallest absolute Gasteiger partial charge is 0.308 e. The number of hydrogen-bond donors (Lipinski definition) is 0. The monoisotopic (exact) mass is 496 g/mol. The average Bonchev–Trinajstić information content (AvgIpc) is 3.14. The molecule has 0 N–H and O–H groups in total. The van der Waals surface area contributed by atoms with Gasteiger partial charge in [0.2, 0.25) is 15.9 Å². The number of anilines is 1. The minimum Gasteiger partial charge on any atom is -0.427 e. The highest BCUT2D eigenvalue weighted by Gasteiger charge is 2.46. The SMILES string of the molecule is CC(=O)Oc1ccc(N2C(=O)CC(N(CCC3=CCCCC3)S(=O)(=O)c3ccccc3)C2=O)cc1. The lowest BCUT2D eigenvalue weighted by molar-refractivity contribution is -0.132. The van der Waals surface area contributed by atoms with Crippen molar-refractivity contribution in [1.29, 1.82) is 0 Å². The Morgan fingerprint density at radius 1 is 1.06 bits per heavy atom. The maximum atomic E-state index is 13.6. The molecule has 8 nitrogen and oxygen atoms in total. The fraction of sp³-hybridized carbons (Fsp3) is 0.346. The van der Waals surface area contributed by atoms with Crippen molar-refractivity contribution >= 4 is 33.5 Å². The van der Waals surface area contributed by atoms with E-state index in [-0.39, 0.29) is 23.6 Å². The van der Waals surface area contributed by atoms with Crippen LogP contribution in [-0.2, 0) is 24.4 Å². The van der Waals surface area contributed by atoms with Gasteiger partial charge in [-0.1, -0.05) is 29.8 Å². The zero-order valence-corrected chi connectivity index (χ0v) is 20.4. The minimum absolute atomic E-state index is 0.0852. The van der Waals surface area contributed by atoms with Crippen LogP contribution in [0.5, 0.6) is 5.75 Å². The van der Waals surface area contributed by atoms with Gasteiger partial charge in [0.05, 0.1) is 17.0 Å². The zero-order chi connectivity index (χ0) is 25.0. The lowest BCUT2D eigenvalue weighted by Gasteiger charge is -2.27. The molecule has 184 valence electrons. The Morgan fingerprint density at radius 2 is 1.77 bits per heavy atom. The van der Waals surface area contributed by atoms with Gasteiger partial charge in [0, 0.05) is 13.5 Å². The summed E-state index contributed by atoms with van der Waals surface area (Å²) >= 11 is 0. The topological polar surface area (TPSA) is 101 Å². The Labute approximate surface area is 205 Å². The van der Waals surface area contributed by atoms with Crippen LogP contribution >= 0.6 is 0 Å². The van der Waals surface area contributed by atoms with Crippen molar-refractivity contribution in [2.75, 3.05) is 11.4 Å². The Morgan fingerprint density at radius 3 is 2.40 bits per heavy atom. The van der Waals surface area contributed by atoms with Gasteiger partial charge in [-0.3, -0.25) is 14.4 Å². The third kappa shape index (κ3) is 5.52. The van der Waals surface area contributed by atoms with Gasteiger partial charge in [-0.15, -0.1) is 0 Å². The van der Waals surface area contributed by atoms with Gasteiger partial charge in [0.25, 0.3) is 5.91 Å². The lowest BCUT2D eigenvalue weighted by Crippen LogP contribution is -2.46. The highest BCUT2D eigenvalue weighted by molar-refractivity contribution is 7.89. The number of ether oxygens (including phenoxy) is 1. The molecule has 1 saturated heterocycles. The summed E-state index contributed by atoms with van der Waals surface area (Å²) < 4.78 is 33.4. The van der Waals surface area contributed by atoms with Crippen molar-refractivity contribution in [3.8, 4) is 5.75 Å².